The number of imidazole rings is 2. The van der Waals surface area contributed by atoms with Crippen molar-refractivity contribution in [1.29, 1.82) is 0 Å². The summed E-state index contributed by atoms with van der Waals surface area (Å²) in [6.45, 7) is 13.7. The smallest absolute Gasteiger partial charge is 0.217 e. The van der Waals surface area contributed by atoms with Crippen LogP contribution in [-0.4, -0.2) is 110 Å². The molecular weight excluding hydrogens is 1120 g/mol. The molecule has 3 aliphatic rings. The topological polar surface area (TPSA) is 187 Å². The standard InChI is InChI=1S/C28H29BrClFN8OSi.C26H21ClFN9/c1-41(2,3)11-10-40-17-38-16-33-26(27(38)20-12-18(30)4-5-21(20)31)23-7-6-22-24(34-23)13-19(14-32-22)37-8-9-39-25(15-37)35-28(29)36-39;27-16-1-2-19(28)18(9-16)24-25(32-14-31-24)21-4-3-20-22(33-21)10-17(12-30-20)36-7-8-37-23(13-36)34-26(35-37)15-5-6-29-11-15/h4-7,12-14,16H,8-11,15,17H2,1-3H3;1-5,9-10,12,14,29H,6-8,11,13H2,(H,31,32). The second kappa shape index (κ2) is 21.5. The molecule has 18 nitrogen and oxygen atoms in total. The zero-order valence-corrected chi connectivity index (χ0v) is 46.7. The number of rotatable bonds is 12. The highest BCUT2D eigenvalue weighted by Crippen LogP contribution is 2.36. The average molecular weight is 1170 g/mol. The fourth-order valence-corrected chi connectivity index (χ4v) is 11.1. The van der Waals surface area contributed by atoms with Crippen LogP contribution in [0.3, 0.4) is 0 Å². The lowest BCUT2D eigenvalue weighted by molar-refractivity contribution is 0.0882. The monoisotopic (exact) mass is 1170 g/mol. The lowest BCUT2D eigenvalue weighted by Crippen LogP contribution is -2.34. The molecule has 2 N–H and O–H groups in total. The molecule has 396 valence electrons. The van der Waals surface area contributed by atoms with Crippen molar-refractivity contribution < 1.29 is 13.5 Å². The van der Waals surface area contributed by atoms with Crippen molar-refractivity contribution in [3.63, 3.8) is 0 Å². The summed E-state index contributed by atoms with van der Waals surface area (Å²) in [4.78, 5) is 44.9. The van der Waals surface area contributed by atoms with Gasteiger partial charge in [0.1, 0.15) is 41.4 Å². The summed E-state index contributed by atoms with van der Waals surface area (Å²) >= 11 is 15.8. The summed E-state index contributed by atoms with van der Waals surface area (Å²) in [5.41, 5.74) is 10.1. The molecule has 78 heavy (non-hydrogen) atoms. The Bertz CT molecular complexity index is 3930. The molecule has 0 radical (unpaired) electrons. The van der Waals surface area contributed by atoms with Gasteiger partial charge < -0.3 is 29.4 Å². The molecule has 0 saturated carbocycles. The third kappa shape index (κ3) is 10.8. The first-order valence-electron chi connectivity index (χ1n) is 25.3. The number of nitrogens with one attached hydrogen (secondary N) is 2. The molecule has 10 aromatic rings. The fraction of sp³-hybridized carbons (Fsp3) is 0.259. The van der Waals surface area contributed by atoms with E-state index in [-0.39, 0.29) is 6.73 Å². The second-order valence-electron chi connectivity index (χ2n) is 20.3. The molecule has 24 heteroatoms. The van der Waals surface area contributed by atoms with Crippen molar-refractivity contribution in [2.24, 2.45) is 0 Å². The number of pyridine rings is 4. The van der Waals surface area contributed by atoms with Crippen LogP contribution >= 0.6 is 39.1 Å². The van der Waals surface area contributed by atoms with Gasteiger partial charge in [0, 0.05) is 67.6 Å². The van der Waals surface area contributed by atoms with Crippen LogP contribution in [0.15, 0.2) is 109 Å². The summed E-state index contributed by atoms with van der Waals surface area (Å²) in [6.07, 6.45) is 9.05. The zero-order valence-electron chi connectivity index (χ0n) is 42.6. The molecule has 0 spiro atoms. The third-order valence-electron chi connectivity index (χ3n) is 13.7. The Labute approximate surface area is 465 Å². The largest absolute Gasteiger partial charge is 0.361 e. The highest BCUT2D eigenvalue weighted by molar-refractivity contribution is 9.10. The van der Waals surface area contributed by atoms with Gasteiger partial charge in [0.25, 0.3) is 0 Å². The summed E-state index contributed by atoms with van der Waals surface area (Å²) in [6, 6.07) is 21.5. The van der Waals surface area contributed by atoms with Crippen LogP contribution in [-0.2, 0) is 37.6 Å². The number of fused-ring (bicyclic) bond motifs is 4. The number of halogens is 5. The molecule has 0 amide bonds. The van der Waals surface area contributed by atoms with E-state index >= 15 is 4.39 Å². The number of hydrogen-bond donors (Lipinski definition) is 2. The first-order chi connectivity index (χ1) is 37.8. The van der Waals surface area contributed by atoms with E-state index in [1.165, 1.54) is 30.6 Å². The van der Waals surface area contributed by atoms with Gasteiger partial charge in [-0.15, -0.1) is 5.10 Å². The number of nitrogens with zero attached hydrogens (tertiary/aromatic N) is 15. The van der Waals surface area contributed by atoms with Crippen LogP contribution in [0.1, 0.15) is 17.5 Å². The molecule has 0 fully saturated rings. The maximum absolute atomic E-state index is 15.2. The Hall–Kier alpha value is -7.34. The van der Waals surface area contributed by atoms with E-state index in [2.05, 4.69) is 91.8 Å². The van der Waals surface area contributed by atoms with E-state index in [0.29, 0.717) is 85.3 Å². The molecule has 0 atom stereocenters. The summed E-state index contributed by atoms with van der Waals surface area (Å²) in [7, 11) is -1.25. The number of ether oxygens (including phenoxy) is 1. The Kier molecular flexibility index (Phi) is 14.2. The van der Waals surface area contributed by atoms with Gasteiger partial charge in [-0.2, -0.15) is 5.10 Å². The van der Waals surface area contributed by atoms with Crippen molar-refractivity contribution in [1.82, 2.24) is 74.3 Å². The van der Waals surface area contributed by atoms with Crippen molar-refractivity contribution in [2.45, 2.75) is 58.6 Å². The fourth-order valence-electron chi connectivity index (χ4n) is 9.61. The van der Waals surface area contributed by atoms with Crippen molar-refractivity contribution in [3.8, 4) is 45.3 Å². The molecule has 0 saturated heterocycles. The first kappa shape index (κ1) is 51.4. The van der Waals surface area contributed by atoms with Crippen molar-refractivity contribution >= 4 is 86.2 Å². The van der Waals surface area contributed by atoms with Crippen LogP contribution in [0, 0.1) is 11.6 Å². The predicted molar refractivity (Wildman–Crippen MR) is 303 cm³/mol. The van der Waals surface area contributed by atoms with Gasteiger partial charge in [0.05, 0.1) is 107 Å². The Morgan fingerprint density at radius 3 is 2.00 bits per heavy atom. The summed E-state index contributed by atoms with van der Waals surface area (Å²) in [5.74, 6) is 1.83. The normalized spacial score (nSPS) is 14.4. The van der Waals surface area contributed by atoms with Crippen LogP contribution in [0.4, 0.5) is 20.2 Å². The number of hydrogen-bond acceptors (Lipinski definition) is 14. The van der Waals surface area contributed by atoms with E-state index in [1.807, 2.05) is 62.7 Å². The molecule has 0 bridgehead atoms. The Morgan fingerprint density at radius 2 is 1.32 bits per heavy atom. The van der Waals surface area contributed by atoms with Gasteiger partial charge in [0.2, 0.25) is 4.73 Å². The van der Waals surface area contributed by atoms with Gasteiger partial charge in [-0.05, 0) is 94.8 Å². The van der Waals surface area contributed by atoms with Gasteiger partial charge in [-0.3, -0.25) is 9.97 Å². The van der Waals surface area contributed by atoms with Gasteiger partial charge in [-0.25, -0.2) is 48.0 Å². The molecule has 3 aliphatic heterocycles. The van der Waals surface area contributed by atoms with Crippen LogP contribution in [0.5, 0.6) is 0 Å². The predicted octanol–water partition coefficient (Wildman–Crippen LogP) is 10.7. The zero-order chi connectivity index (χ0) is 53.7. The molecule has 0 aliphatic carbocycles. The molecule has 0 unspecified atom stereocenters. The van der Waals surface area contributed by atoms with Gasteiger partial charge in [-0.1, -0.05) is 48.9 Å². The minimum absolute atomic E-state index is 0.244. The highest BCUT2D eigenvalue weighted by atomic mass is 79.9. The SMILES string of the molecule is C[Si](C)(C)CCOCn1cnc(-c2ccc3ncc(N4CCn5nc(Br)nc5C4)cc3n2)c1-c1cc(Cl)ccc1F.Fc1ccc(Cl)cc1-c1nc[nH]c1-c1ccc2ncc(N3CCn4nc(C5=CCNC5)nc4C3)cc2n1. The van der Waals surface area contributed by atoms with E-state index < -0.39 is 19.7 Å². The Morgan fingerprint density at radius 1 is 0.679 bits per heavy atom. The second-order valence-corrected chi connectivity index (χ2v) is 27.5. The Balaban J connectivity index is 0.000000157. The molecular formula is C54H50BrCl2F2N17OSi. The lowest BCUT2D eigenvalue weighted by Gasteiger charge is -2.28. The van der Waals surface area contributed by atoms with Crippen LogP contribution in [0.25, 0.3) is 72.9 Å². The molecule has 11 heterocycles. The summed E-state index contributed by atoms with van der Waals surface area (Å²) < 4.78 is 42.1. The van der Waals surface area contributed by atoms with Crippen molar-refractivity contribution in [2.75, 3.05) is 42.6 Å². The van der Waals surface area contributed by atoms with Gasteiger partial charge in [0.15, 0.2) is 5.82 Å². The van der Waals surface area contributed by atoms with E-state index in [1.54, 1.807) is 18.5 Å². The quantitative estimate of drug-likeness (QED) is 0.0869. The number of H-pyrrole nitrogens is 1. The van der Waals surface area contributed by atoms with E-state index in [0.717, 1.165) is 96.3 Å². The molecule has 2 aromatic carbocycles. The van der Waals surface area contributed by atoms with E-state index in [9.17, 15) is 4.39 Å². The maximum Gasteiger partial charge on any atom is 0.217 e. The minimum Gasteiger partial charge on any atom is -0.361 e. The molecule has 13 rings (SSSR count). The number of anilines is 2. The average Bonchev–Trinajstić information content (AvgIpc) is 4.36. The van der Waals surface area contributed by atoms with Crippen LogP contribution < -0.4 is 15.1 Å². The van der Waals surface area contributed by atoms with E-state index in [4.69, 9.17) is 48.0 Å². The summed E-state index contributed by atoms with van der Waals surface area (Å²) in [5, 5.41) is 13.2. The lowest BCUT2D eigenvalue weighted by atomic mass is 10.1. The maximum atomic E-state index is 15.2. The first-order valence-corrected chi connectivity index (χ1v) is 30.6. The highest BCUT2D eigenvalue weighted by Gasteiger charge is 2.26. The van der Waals surface area contributed by atoms with Gasteiger partial charge >= 0.3 is 0 Å². The van der Waals surface area contributed by atoms with Crippen LogP contribution in [0.2, 0.25) is 35.7 Å². The third-order valence-corrected chi connectivity index (χ3v) is 16.3. The number of aromatic amines is 1. The van der Waals surface area contributed by atoms with Crippen molar-refractivity contribution in [3.05, 3.63) is 148 Å². The number of benzene rings is 2. The molecule has 8 aromatic heterocycles. The minimum atomic E-state index is -1.25. The number of aromatic nitrogens is 14.